The first-order valence-corrected chi connectivity index (χ1v) is 28.3. The summed E-state index contributed by atoms with van der Waals surface area (Å²) in [5, 5.41) is 0. The summed E-state index contributed by atoms with van der Waals surface area (Å²) in [7, 11) is 3.43. The minimum atomic E-state index is 0.520. The van der Waals surface area contributed by atoms with Gasteiger partial charge in [0.05, 0.1) is 67.1 Å². The standard InChI is InChI=1S/C64H88O10/c1-11-19-27-67-57-39-49-51-41-63(73-33-25-17-7)53(43-61(51)71-31-23-15-5)54-44-62(72-32-24-16-6)52(42-64(54)74-34-26-18-8)50-40-58(68-28-20-12-2)48(38-60(50)70-30-22-14-4)46-36-55(65-9)45(35-56(46)66-10)47(57)37-59(49)69-29-21-13-3/h35-44H,11-34H2,1-10H3. The normalized spacial score (nSPS) is 11.3. The van der Waals surface area contributed by atoms with Gasteiger partial charge >= 0.3 is 0 Å². The molecule has 10 bridgehead atoms. The van der Waals surface area contributed by atoms with Crippen LogP contribution in [-0.2, 0) is 0 Å². The molecule has 0 unspecified atom stereocenters. The summed E-state index contributed by atoms with van der Waals surface area (Å²) in [5.74, 6) is 6.85. The number of hydrogen-bond acceptors (Lipinski definition) is 10. The molecule has 0 spiro atoms. The second-order valence-corrected chi connectivity index (χ2v) is 19.2. The molecule has 5 aromatic rings. The Morgan fingerprint density at radius 2 is 0.324 bits per heavy atom. The zero-order chi connectivity index (χ0) is 52.7. The van der Waals surface area contributed by atoms with Gasteiger partial charge in [-0.1, -0.05) is 107 Å². The Kier molecular flexibility index (Phi) is 23.6. The van der Waals surface area contributed by atoms with Crippen molar-refractivity contribution >= 4 is 0 Å². The first kappa shape index (κ1) is 57.4. The summed E-state index contributed by atoms with van der Waals surface area (Å²) in [6.45, 7) is 21.6. The lowest BCUT2D eigenvalue weighted by molar-refractivity contribution is 0.297. The molecule has 13 aliphatic carbocycles. The van der Waals surface area contributed by atoms with E-state index in [1.807, 2.05) is 0 Å². The van der Waals surface area contributed by atoms with Gasteiger partial charge < -0.3 is 47.4 Å². The van der Waals surface area contributed by atoms with E-state index >= 15 is 0 Å². The van der Waals surface area contributed by atoms with Crippen LogP contribution in [0.1, 0.15) is 158 Å². The fraction of sp³-hybridized carbons (Fsp3) is 0.531. The number of hydrogen-bond donors (Lipinski definition) is 0. The second-order valence-electron chi connectivity index (χ2n) is 19.2. The van der Waals surface area contributed by atoms with E-state index in [1.54, 1.807) is 14.2 Å². The van der Waals surface area contributed by atoms with E-state index in [1.165, 1.54) is 0 Å². The van der Waals surface area contributed by atoms with Gasteiger partial charge in [0.25, 0.3) is 0 Å². The molecule has 18 rings (SSSR count). The van der Waals surface area contributed by atoms with E-state index < -0.39 is 0 Å². The summed E-state index contributed by atoms with van der Waals surface area (Å²) >= 11 is 0. The van der Waals surface area contributed by atoms with Gasteiger partial charge in [-0.05, 0) is 112 Å². The van der Waals surface area contributed by atoms with Crippen LogP contribution in [0.15, 0.2) is 60.7 Å². The van der Waals surface area contributed by atoms with Crippen molar-refractivity contribution in [1.29, 1.82) is 0 Å². The van der Waals surface area contributed by atoms with Crippen molar-refractivity contribution in [2.45, 2.75) is 158 Å². The van der Waals surface area contributed by atoms with Gasteiger partial charge in [-0.25, -0.2) is 0 Å². The minimum absolute atomic E-state index is 0.520. The fourth-order valence-corrected chi connectivity index (χ4v) is 8.81. The van der Waals surface area contributed by atoms with E-state index in [2.05, 4.69) is 116 Å². The van der Waals surface area contributed by atoms with Crippen molar-refractivity contribution in [3.8, 4) is 113 Å². The smallest absolute Gasteiger partial charge is 0.128 e. The Hall–Kier alpha value is -5.90. The van der Waals surface area contributed by atoms with Crippen molar-refractivity contribution in [3.63, 3.8) is 0 Å². The van der Waals surface area contributed by atoms with Crippen LogP contribution in [0.3, 0.4) is 0 Å². The van der Waals surface area contributed by atoms with Crippen LogP contribution in [0.5, 0.6) is 57.5 Å². The van der Waals surface area contributed by atoms with Gasteiger partial charge in [0.2, 0.25) is 0 Å². The third kappa shape index (κ3) is 14.7. The van der Waals surface area contributed by atoms with Crippen LogP contribution >= 0.6 is 0 Å². The Morgan fingerprint density at radius 1 is 0.203 bits per heavy atom. The van der Waals surface area contributed by atoms with E-state index in [0.717, 1.165) is 158 Å². The van der Waals surface area contributed by atoms with E-state index in [9.17, 15) is 0 Å². The monoisotopic (exact) mass is 1020 g/mol. The molecule has 0 heterocycles. The Balaban J connectivity index is 1.88. The Bertz CT molecular complexity index is 2340. The van der Waals surface area contributed by atoms with Gasteiger partial charge in [0.15, 0.2) is 0 Å². The molecule has 0 aliphatic heterocycles. The lowest BCUT2D eigenvalue weighted by Gasteiger charge is -2.25. The highest BCUT2D eigenvalue weighted by molar-refractivity contribution is 5.94. The molecule has 404 valence electrons. The topological polar surface area (TPSA) is 92.3 Å². The average molecular weight is 1020 g/mol. The molecule has 0 saturated heterocycles. The molecule has 0 N–H and O–H groups in total. The van der Waals surface area contributed by atoms with Crippen molar-refractivity contribution in [1.82, 2.24) is 0 Å². The third-order valence-corrected chi connectivity index (χ3v) is 13.3. The molecule has 0 radical (unpaired) electrons. The van der Waals surface area contributed by atoms with Crippen LogP contribution in [0.4, 0.5) is 0 Å². The molecule has 74 heavy (non-hydrogen) atoms. The summed E-state index contributed by atoms with van der Waals surface area (Å²) < 4.78 is 68.1. The largest absolute Gasteiger partial charge is 0.496 e. The third-order valence-electron chi connectivity index (χ3n) is 13.3. The summed E-state index contributed by atoms with van der Waals surface area (Å²) in [5.41, 5.74) is 8.31. The first-order valence-electron chi connectivity index (χ1n) is 28.3. The molecular formula is C64H88O10. The zero-order valence-electron chi connectivity index (χ0n) is 46.8. The van der Waals surface area contributed by atoms with Crippen LogP contribution < -0.4 is 47.4 Å². The zero-order valence-corrected chi connectivity index (χ0v) is 46.8. The van der Waals surface area contributed by atoms with Crippen LogP contribution in [0.25, 0.3) is 55.6 Å². The van der Waals surface area contributed by atoms with E-state index in [0.29, 0.717) is 110 Å². The summed E-state index contributed by atoms with van der Waals surface area (Å²) in [6.07, 6.45) is 14.9. The van der Waals surface area contributed by atoms with Crippen molar-refractivity contribution in [2.24, 2.45) is 0 Å². The first-order chi connectivity index (χ1) is 36.3. The predicted octanol–water partition coefficient (Wildman–Crippen LogP) is 17.8. The highest BCUT2D eigenvalue weighted by atomic mass is 16.5. The molecule has 0 aromatic heterocycles. The Morgan fingerprint density at radius 3 is 0.446 bits per heavy atom. The van der Waals surface area contributed by atoms with Gasteiger partial charge in [-0.15, -0.1) is 0 Å². The second kappa shape index (κ2) is 30.5. The lowest BCUT2D eigenvalue weighted by Crippen LogP contribution is -2.07. The molecule has 5 aromatic carbocycles. The maximum absolute atomic E-state index is 6.96. The van der Waals surface area contributed by atoms with E-state index in [4.69, 9.17) is 47.4 Å². The quantitative estimate of drug-likeness (QED) is 0.0364. The van der Waals surface area contributed by atoms with Crippen LogP contribution in [0.2, 0.25) is 0 Å². The molecule has 10 nitrogen and oxygen atoms in total. The highest BCUT2D eigenvalue weighted by Gasteiger charge is 2.29. The predicted molar refractivity (Wildman–Crippen MR) is 304 cm³/mol. The molecule has 0 saturated carbocycles. The van der Waals surface area contributed by atoms with Gasteiger partial charge in [0.1, 0.15) is 57.5 Å². The summed E-state index contributed by atoms with van der Waals surface area (Å²) in [4.78, 5) is 0. The van der Waals surface area contributed by atoms with Crippen molar-refractivity contribution in [2.75, 3.05) is 67.1 Å². The molecule has 0 atom stereocenters. The van der Waals surface area contributed by atoms with Gasteiger partial charge in [-0.2, -0.15) is 0 Å². The highest BCUT2D eigenvalue weighted by Crippen LogP contribution is 2.55. The number of rotatable bonds is 34. The molecule has 0 fully saturated rings. The van der Waals surface area contributed by atoms with Crippen molar-refractivity contribution < 1.29 is 47.4 Å². The molecule has 13 aliphatic rings. The number of ether oxygens (including phenoxy) is 10. The number of unbranched alkanes of at least 4 members (excludes halogenated alkanes) is 8. The number of benzene rings is 5. The molecule has 0 amide bonds. The Labute approximate surface area is 444 Å². The van der Waals surface area contributed by atoms with Gasteiger partial charge in [-0.3, -0.25) is 0 Å². The maximum Gasteiger partial charge on any atom is 0.128 e. The van der Waals surface area contributed by atoms with Crippen molar-refractivity contribution in [3.05, 3.63) is 60.7 Å². The summed E-state index contributed by atoms with van der Waals surface area (Å²) in [6, 6.07) is 21.1. The molecule has 10 heteroatoms. The van der Waals surface area contributed by atoms with Crippen LogP contribution in [0, 0.1) is 0 Å². The van der Waals surface area contributed by atoms with Crippen LogP contribution in [-0.4, -0.2) is 67.1 Å². The van der Waals surface area contributed by atoms with Gasteiger partial charge in [0, 0.05) is 55.6 Å². The average Bonchev–Trinajstić information content (AvgIpc) is 3.42. The maximum atomic E-state index is 6.96. The lowest BCUT2D eigenvalue weighted by atomic mass is 9.90. The minimum Gasteiger partial charge on any atom is -0.496 e. The van der Waals surface area contributed by atoms with E-state index in [-0.39, 0.29) is 0 Å². The fourth-order valence-electron chi connectivity index (χ4n) is 8.81. The molecular weight excluding hydrogens is 929 g/mol. The SMILES string of the molecule is CCCCOc1cc2c(OCCCC)cc1-c1cc(OC)c(cc1OC)-c1cc(OCCCC)c(cc1OCCCC)-c1cc(OCCCC)c(cc1OCCCC)-c1cc(OCCCC)c-2cc1OCCCC. The number of methoxy groups -OCH3 is 2.